The van der Waals surface area contributed by atoms with E-state index in [1.807, 2.05) is 18.2 Å². The molecular formula is C15H19N3O2S. The van der Waals surface area contributed by atoms with Gasteiger partial charge in [0.05, 0.1) is 17.3 Å². The number of rotatable bonds is 3. The molecule has 0 radical (unpaired) electrons. The quantitative estimate of drug-likeness (QED) is 0.818. The third-order valence-corrected chi connectivity index (χ3v) is 5.08. The smallest absolute Gasteiger partial charge is 0.249 e. The highest BCUT2D eigenvalue weighted by molar-refractivity contribution is 7.22. The van der Waals surface area contributed by atoms with Gasteiger partial charge < -0.3 is 4.90 Å². The van der Waals surface area contributed by atoms with Gasteiger partial charge in [-0.05, 0) is 25.0 Å². The van der Waals surface area contributed by atoms with Crippen molar-refractivity contribution in [1.82, 2.24) is 10.0 Å². The highest BCUT2D eigenvalue weighted by Gasteiger charge is 2.28. The summed E-state index contributed by atoms with van der Waals surface area (Å²) in [4.78, 5) is 24.0. The van der Waals surface area contributed by atoms with Gasteiger partial charge in [-0.2, -0.15) is 0 Å². The Kier molecular flexibility index (Phi) is 4.07. The minimum absolute atomic E-state index is 0.0561. The number of amides is 1. The molecule has 1 aliphatic rings. The lowest BCUT2D eigenvalue weighted by atomic mass is 9.96. The Balaban J connectivity index is 1.67. The van der Waals surface area contributed by atoms with Gasteiger partial charge in [0.25, 0.3) is 0 Å². The number of para-hydroxylation sites is 1. The normalized spacial score (nSPS) is 16.4. The highest BCUT2D eigenvalue weighted by atomic mass is 32.1. The van der Waals surface area contributed by atoms with Crippen molar-refractivity contribution in [1.29, 1.82) is 0 Å². The topological polar surface area (TPSA) is 45.7 Å². The predicted octanol–water partition coefficient (Wildman–Crippen LogP) is 2.53. The van der Waals surface area contributed by atoms with Crippen molar-refractivity contribution in [3.05, 3.63) is 24.3 Å². The zero-order valence-corrected chi connectivity index (χ0v) is 13.1. The van der Waals surface area contributed by atoms with Gasteiger partial charge in [0.1, 0.15) is 0 Å². The molecule has 0 bridgehead atoms. The number of aromatic nitrogens is 1. The van der Waals surface area contributed by atoms with Crippen LogP contribution in [0.4, 0.5) is 5.13 Å². The van der Waals surface area contributed by atoms with E-state index in [0.717, 1.165) is 36.6 Å². The summed E-state index contributed by atoms with van der Waals surface area (Å²) in [5, 5.41) is 2.39. The summed E-state index contributed by atoms with van der Waals surface area (Å²) in [6.07, 6.45) is 1.70. The molecule has 6 heteroatoms. The van der Waals surface area contributed by atoms with Gasteiger partial charge in [0.2, 0.25) is 5.91 Å². The highest BCUT2D eigenvalue weighted by Crippen LogP contribution is 2.31. The molecule has 0 spiro atoms. The number of piperidine rings is 1. The standard InChI is InChI=1S/C15H19N3O2S/c1-17(20-2)14(19)11-7-9-18(10-8-11)15-16-12-5-3-4-6-13(12)21-15/h3-6,11H,7-10H2,1-2H3. The van der Waals surface area contributed by atoms with E-state index in [9.17, 15) is 4.79 Å². The second kappa shape index (κ2) is 5.99. The zero-order valence-electron chi connectivity index (χ0n) is 12.3. The molecule has 2 aromatic rings. The van der Waals surface area contributed by atoms with E-state index in [0.29, 0.717) is 0 Å². The molecule has 0 unspecified atom stereocenters. The predicted molar refractivity (Wildman–Crippen MR) is 84.3 cm³/mol. The molecular weight excluding hydrogens is 286 g/mol. The van der Waals surface area contributed by atoms with Gasteiger partial charge >= 0.3 is 0 Å². The number of fused-ring (bicyclic) bond motifs is 1. The van der Waals surface area contributed by atoms with Crippen LogP contribution in [0, 0.1) is 5.92 Å². The zero-order chi connectivity index (χ0) is 14.8. The average Bonchev–Trinajstić information content (AvgIpc) is 2.97. The molecule has 0 saturated carbocycles. The number of carbonyl (C=O) groups is 1. The summed E-state index contributed by atoms with van der Waals surface area (Å²) < 4.78 is 1.21. The van der Waals surface area contributed by atoms with Crippen molar-refractivity contribution in [3.8, 4) is 0 Å². The minimum atomic E-state index is 0.0561. The molecule has 1 aromatic carbocycles. The van der Waals surface area contributed by atoms with Crippen molar-refractivity contribution < 1.29 is 9.63 Å². The van der Waals surface area contributed by atoms with E-state index in [4.69, 9.17) is 4.84 Å². The van der Waals surface area contributed by atoms with E-state index in [1.54, 1.807) is 18.4 Å². The minimum Gasteiger partial charge on any atom is -0.348 e. The van der Waals surface area contributed by atoms with Crippen LogP contribution in [0.3, 0.4) is 0 Å². The van der Waals surface area contributed by atoms with Gasteiger partial charge in [0, 0.05) is 26.1 Å². The summed E-state index contributed by atoms with van der Waals surface area (Å²) in [7, 11) is 3.19. The van der Waals surface area contributed by atoms with Gasteiger partial charge in [-0.3, -0.25) is 9.63 Å². The third kappa shape index (κ3) is 2.87. The van der Waals surface area contributed by atoms with E-state index in [2.05, 4.69) is 16.0 Å². The van der Waals surface area contributed by atoms with E-state index in [1.165, 1.54) is 16.9 Å². The molecule has 112 valence electrons. The number of anilines is 1. The van der Waals surface area contributed by atoms with Crippen LogP contribution in [0.25, 0.3) is 10.2 Å². The van der Waals surface area contributed by atoms with Crippen molar-refractivity contribution in [2.24, 2.45) is 5.92 Å². The molecule has 3 rings (SSSR count). The van der Waals surface area contributed by atoms with E-state index >= 15 is 0 Å². The first kappa shape index (κ1) is 14.3. The Hall–Kier alpha value is -1.66. The van der Waals surface area contributed by atoms with Crippen LogP contribution in [0.5, 0.6) is 0 Å². The third-order valence-electron chi connectivity index (χ3n) is 3.98. The molecule has 1 aliphatic heterocycles. The molecule has 1 saturated heterocycles. The first-order valence-electron chi connectivity index (χ1n) is 7.11. The Morgan fingerprint density at radius 3 is 2.76 bits per heavy atom. The number of thiazole rings is 1. The molecule has 0 aliphatic carbocycles. The molecule has 1 amide bonds. The van der Waals surface area contributed by atoms with Crippen LogP contribution in [0.15, 0.2) is 24.3 Å². The fraction of sp³-hybridized carbons (Fsp3) is 0.467. The molecule has 0 N–H and O–H groups in total. The Bertz CT molecular complexity index is 602. The largest absolute Gasteiger partial charge is 0.348 e. The van der Waals surface area contributed by atoms with Gasteiger partial charge in [0.15, 0.2) is 5.13 Å². The number of hydrogen-bond acceptors (Lipinski definition) is 5. The van der Waals surface area contributed by atoms with Crippen LogP contribution in [-0.2, 0) is 9.63 Å². The maximum absolute atomic E-state index is 12.1. The van der Waals surface area contributed by atoms with Gasteiger partial charge in [-0.25, -0.2) is 10.0 Å². The van der Waals surface area contributed by atoms with Crippen LogP contribution >= 0.6 is 11.3 Å². The maximum atomic E-state index is 12.1. The summed E-state index contributed by atoms with van der Waals surface area (Å²) in [5.41, 5.74) is 1.05. The molecule has 5 nitrogen and oxygen atoms in total. The summed E-state index contributed by atoms with van der Waals surface area (Å²) in [6.45, 7) is 1.74. The van der Waals surface area contributed by atoms with Crippen LogP contribution < -0.4 is 4.90 Å². The lowest BCUT2D eigenvalue weighted by Crippen LogP contribution is -2.40. The molecule has 0 atom stereocenters. The van der Waals surface area contributed by atoms with Crippen molar-refractivity contribution in [3.63, 3.8) is 0 Å². The second-order valence-electron chi connectivity index (χ2n) is 5.24. The number of nitrogens with zero attached hydrogens (tertiary/aromatic N) is 3. The molecule has 1 aromatic heterocycles. The molecule has 21 heavy (non-hydrogen) atoms. The molecule has 2 heterocycles. The SMILES string of the molecule is CON(C)C(=O)C1CCN(c2nc3ccccc3s2)CC1. The maximum Gasteiger partial charge on any atom is 0.249 e. The van der Waals surface area contributed by atoms with E-state index < -0.39 is 0 Å². The Morgan fingerprint density at radius 2 is 2.10 bits per heavy atom. The van der Waals surface area contributed by atoms with Crippen molar-refractivity contribution in [2.75, 3.05) is 32.1 Å². The lowest BCUT2D eigenvalue weighted by molar-refractivity contribution is -0.174. The fourth-order valence-electron chi connectivity index (χ4n) is 2.66. The van der Waals surface area contributed by atoms with Crippen LogP contribution in [0.1, 0.15) is 12.8 Å². The lowest BCUT2D eigenvalue weighted by Gasteiger charge is -2.32. The summed E-state index contributed by atoms with van der Waals surface area (Å²) in [6, 6.07) is 8.19. The number of carbonyl (C=O) groups excluding carboxylic acids is 1. The van der Waals surface area contributed by atoms with Crippen molar-refractivity contribution in [2.45, 2.75) is 12.8 Å². The van der Waals surface area contributed by atoms with Gasteiger partial charge in [-0.1, -0.05) is 23.5 Å². The van der Waals surface area contributed by atoms with Gasteiger partial charge in [-0.15, -0.1) is 0 Å². The Morgan fingerprint density at radius 1 is 1.38 bits per heavy atom. The monoisotopic (exact) mass is 305 g/mol. The van der Waals surface area contributed by atoms with Crippen LogP contribution in [0.2, 0.25) is 0 Å². The summed E-state index contributed by atoms with van der Waals surface area (Å²) >= 11 is 1.72. The fourth-order valence-corrected chi connectivity index (χ4v) is 3.68. The average molecular weight is 305 g/mol. The molecule has 1 fully saturated rings. The van der Waals surface area contributed by atoms with Crippen LogP contribution in [-0.4, -0.2) is 43.2 Å². The summed E-state index contributed by atoms with van der Waals surface area (Å²) in [5.74, 6) is 0.127. The number of hydroxylamine groups is 2. The number of benzene rings is 1. The second-order valence-corrected chi connectivity index (χ2v) is 6.25. The first-order valence-corrected chi connectivity index (χ1v) is 7.93. The van der Waals surface area contributed by atoms with E-state index in [-0.39, 0.29) is 11.8 Å². The first-order chi connectivity index (χ1) is 10.2. The number of hydrogen-bond donors (Lipinski definition) is 0. The van der Waals surface area contributed by atoms with Crippen molar-refractivity contribution >= 4 is 32.6 Å². The Labute approximate surface area is 128 Å².